The summed E-state index contributed by atoms with van der Waals surface area (Å²) in [6.45, 7) is 5.06. The van der Waals surface area contributed by atoms with Gasteiger partial charge in [-0.15, -0.1) is 10.2 Å². The maximum absolute atomic E-state index is 4.33. The van der Waals surface area contributed by atoms with Crippen LogP contribution in [-0.2, 0) is 13.1 Å². The van der Waals surface area contributed by atoms with Crippen molar-refractivity contribution in [1.29, 1.82) is 0 Å². The number of aromatic nitrogens is 3. The second kappa shape index (κ2) is 4.90. The van der Waals surface area contributed by atoms with Crippen molar-refractivity contribution in [1.82, 2.24) is 20.1 Å². The lowest BCUT2D eigenvalue weighted by Crippen LogP contribution is -2.30. The first-order valence-corrected chi connectivity index (χ1v) is 6.56. The molecule has 4 nitrogen and oxygen atoms in total. The molecule has 1 N–H and O–H groups in total. The van der Waals surface area contributed by atoms with Crippen LogP contribution in [-0.4, -0.2) is 21.3 Å². The molecule has 4 heteroatoms. The van der Waals surface area contributed by atoms with Gasteiger partial charge in [0.05, 0.1) is 5.92 Å². The molecule has 1 atom stereocenters. The van der Waals surface area contributed by atoms with Crippen molar-refractivity contribution in [3.05, 3.63) is 47.5 Å². The van der Waals surface area contributed by atoms with Crippen molar-refractivity contribution in [2.24, 2.45) is 0 Å². The quantitative estimate of drug-likeness (QED) is 0.894. The van der Waals surface area contributed by atoms with E-state index < -0.39 is 0 Å². The number of hydrogen-bond donors (Lipinski definition) is 1. The van der Waals surface area contributed by atoms with Crippen LogP contribution < -0.4 is 5.32 Å². The monoisotopic (exact) mass is 242 g/mol. The first kappa shape index (κ1) is 11.4. The zero-order chi connectivity index (χ0) is 12.4. The lowest BCUT2D eigenvalue weighted by atomic mass is 9.90. The minimum atomic E-state index is 0.323. The van der Waals surface area contributed by atoms with E-state index in [2.05, 4.69) is 51.3 Å². The van der Waals surface area contributed by atoms with E-state index in [-0.39, 0.29) is 0 Å². The van der Waals surface area contributed by atoms with Gasteiger partial charge in [0, 0.05) is 19.6 Å². The topological polar surface area (TPSA) is 42.7 Å². The summed E-state index contributed by atoms with van der Waals surface area (Å²) in [4.78, 5) is 0. The summed E-state index contributed by atoms with van der Waals surface area (Å²) in [6.07, 6.45) is 2.95. The SMILES string of the molecule is CCCn1cnnc1C1CNCc2ccccc21. The molecule has 0 saturated heterocycles. The number of fused-ring (bicyclic) bond motifs is 1. The van der Waals surface area contributed by atoms with Gasteiger partial charge in [-0.3, -0.25) is 0 Å². The Morgan fingerprint density at radius 3 is 3.17 bits per heavy atom. The highest BCUT2D eigenvalue weighted by Crippen LogP contribution is 2.28. The molecule has 1 unspecified atom stereocenters. The average Bonchev–Trinajstić information content (AvgIpc) is 2.87. The van der Waals surface area contributed by atoms with Crippen molar-refractivity contribution in [3.63, 3.8) is 0 Å². The second-order valence-electron chi connectivity index (χ2n) is 4.76. The molecule has 0 aliphatic carbocycles. The third-order valence-electron chi connectivity index (χ3n) is 3.52. The minimum absolute atomic E-state index is 0.323. The number of aryl methyl sites for hydroxylation is 1. The number of rotatable bonds is 3. The van der Waals surface area contributed by atoms with Crippen molar-refractivity contribution >= 4 is 0 Å². The fourth-order valence-corrected chi connectivity index (χ4v) is 2.67. The number of benzene rings is 1. The normalized spacial score (nSPS) is 18.6. The highest BCUT2D eigenvalue weighted by molar-refractivity contribution is 5.36. The van der Waals surface area contributed by atoms with Crippen LogP contribution >= 0.6 is 0 Å². The summed E-state index contributed by atoms with van der Waals surface area (Å²) in [7, 11) is 0. The van der Waals surface area contributed by atoms with Gasteiger partial charge >= 0.3 is 0 Å². The minimum Gasteiger partial charge on any atom is -0.317 e. The summed E-state index contributed by atoms with van der Waals surface area (Å²) >= 11 is 0. The lowest BCUT2D eigenvalue weighted by molar-refractivity contribution is 0.537. The molecule has 2 heterocycles. The molecule has 94 valence electrons. The van der Waals surface area contributed by atoms with Crippen LogP contribution in [0.5, 0.6) is 0 Å². The van der Waals surface area contributed by atoms with Gasteiger partial charge in [-0.2, -0.15) is 0 Å². The molecule has 0 saturated carbocycles. The molecular formula is C14H18N4. The molecule has 18 heavy (non-hydrogen) atoms. The number of nitrogens with zero attached hydrogens (tertiary/aromatic N) is 3. The first-order valence-electron chi connectivity index (χ1n) is 6.56. The van der Waals surface area contributed by atoms with Crippen LogP contribution in [0.1, 0.15) is 36.2 Å². The Bertz CT molecular complexity index is 532. The third kappa shape index (κ3) is 1.93. The van der Waals surface area contributed by atoms with Gasteiger partial charge in [0.2, 0.25) is 0 Å². The van der Waals surface area contributed by atoms with E-state index in [1.807, 2.05) is 6.33 Å². The smallest absolute Gasteiger partial charge is 0.141 e. The van der Waals surface area contributed by atoms with Crippen molar-refractivity contribution < 1.29 is 0 Å². The number of hydrogen-bond acceptors (Lipinski definition) is 3. The molecule has 1 aliphatic heterocycles. The molecule has 0 amide bonds. The summed E-state index contributed by atoms with van der Waals surface area (Å²) in [5.74, 6) is 1.40. The fraction of sp³-hybridized carbons (Fsp3) is 0.429. The predicted octanol–water partition coefficient (Wildman–Crippen LogP) is 1.92. The first-order chi connectivity index (χ1) is 8.90. The van der Waals surface area contributed by atoms with E-state index in [1.165, 1.54) is 11.1 Å². The van der Waals surface area contributed by atoms with Crippen LogP contribution in [0.25, 0.3) is 0 Å². The Kier molecular flexibility index (Phi) is 3.11. The molecule has 0 radical (unpaired) electrons. The van der Waals surface area contributed by atoms with E-state index in [0.29, 0.717) is 5.92 Å². The van der Waals surface area contributed by atoms with Crippen LogP contribution in [0.15, 0.2) is 30.6 Å². The maximum atomic E-state index is 4.33. The summed E-state index contributed by atoms with van der Waals surface area (Å²) in [5, 5.41) is 11.9. The van der Waals surface area contributed by atoms with Gasteiger partial charge in [0.25, 0.3) is 0 Å². The Morgan fingerprint density at radius 2 is 2.28 bits per heavy atom. The molecule has 0 fully saturated rings. The second-order valence-corrected chi connectivity index (χ2v) is 4.76. The van der Waals surface area contributed by atoms with E-state index in [0.717, 1.165) is 31.9 Å². The van der Waals surface area contributed by atoms with Gasteiger partial charge in [-0.25, -0.2) is 0 Å². The van der Waals surface area contributed by atoms with Crippen LogP contribution in [0.2, 0.25) is 0 Å². The Morgan fingerprint density at radius 1 is 1.39 bits per heavy atom. The van der Waals surface area contributed by atoms with Crippen LogP contribution in [0.3, 0.4) is 0 Å². The van der Waals surface area contributed by atoms with Gasteiger partial charge < -0.3 is 9.88 Å². The molecule has 2 aromatic rings. The highest BCUT2D eigenvalue weighted by atomic mass is 15.3. The zero-order valence-corrected chi connectivity index (χ0v) is 10.6. The Hall–Kier alpha value is -1.68. The molecule has 0 bridgehead atoms. The third-order valence-corrected chi connectivity index (χ3v) is 3.52. The molecule has 1 aromatic carbocycles. The van der Waals surface area contributed by atoms with E-state index in [4.69, 9.17) is 0 Å². The maximum Gasteiger partial charge on any atom is 0.141 e. The van der Waals surface area contributed by atoms with Crippen molar-refractivity contribution in [2.45, 2.75) is 32.4 Å². The molecule has 0 spiro atoms. The van der Waals surface area contributed by atoms with Crippen LogP contribution in [0, 0.1) is 0 Å². The standard InChI is InChI=1S/C14H18N4/c1-2-7-18-10-16-17-14(18)13-9-15-8-11-5-3-4-6-12(11)13/h3-6,10,13,15H,2,7-9H2,1H3. The van der Waals surface area contributed by atoms with Gasteiger partial charge in [-0.05, 0) is 17.5 Å². The zero-order valence-electron chi connectivity index (χ0n) is 10.6. The van der Waals surface area contributed by atoms with E-state index >= 15 is 0 Å². The largest absolute Gasteiger partial charge is 0.317 e. The molecular weight excluding hydrogens is 224 g/mol. The lowest BCUT2D eigenvalue weighted by Gasteiger charge is -2.26. The number of nitrogens with one attached hydrogen (secondary N) is 1. The van der Waals surface area contributed by atoms with Gasteiger partial charge in [0.15, 0.2) is 0 Å². The van der Waals surface area contributed by atoms with Gasteiger partial charge in [-0.1, -0.05) is 31.2 Å². The van der Waals surface area contributed by atoms with Crippen molar-refractivity contribution in [2.75, 3.05) is 6.54 Å². The summed E-state index contributed by atoms with van der Waals surface area (Å²) in [6, 6.07) is 8.61. The Balaban J connectivity index is 2.00. The summed E-state index contributed by atoms with van der Waals surface area (Å²) < 4.78 is 2.18. The van der Waals surface area contributed by atoms with Gasteiger partial charge in [0.1, 0.15) is 12.2 Å². The van der Waals surface area contributed by atoms with Crippen LogP contribution in [0.4, 0.5) is 0 Å². The average molecular weight is 242 g/mol. The summed E-state index contributed by atoms with van der Waals surface area (Å²) in [5.41, 5.74) is 2.77. The van der Waals surface area contributed by atoms with E-state index in [9.17, 15) is 0 Å². The van der Waals surface area contributed by atoms with E-state index in [1.54, 1.807) is 0 Å². The fourth-order valence-electron chi connectivity index (χ4n) is 2.67. The van der Waals surface area contributed by atoms with Crippen molar-refractivity contribution in [3.8, 4) is 0 Å². The highest BCUT2D eigenvalue weighted by Gasteiger charge is 2.25. The predicted molar refractivity (Wildman–Crippen MR) is 70.3 cm³/mol. The molecule has 3 rings (SSSR count). The molecule has 1 aliphatic rings. The molecule has 1 aromatic heterocycles. The Labute approximate surface area is 107 Å².